The molecule has 8 heteroatoms. The van der Waals surface area contributed by atoms with Crippen LogP contribution in [0.4, 0.5) is 0 Å². The zero-order valence-electron chi connectivity index (χ0n) is 24.7. The molecule has 0 radical (unpaired) electrons. The van der Waals surface area contributed by atoms with E-state index in [0.717, 1.165) is 16.5 Å². The molecule has 3 heterocycles. The van der Waals surface area contributed by atoms with Crippen molar-refractivity contribution in [2.45, 2.75) is 71.3 Å². The molecule has 3 fully saturated rings. The van der Waals surface area contributed by atoms with Gasteiger partial charge in [0.15, 0.2) is 11.9 Å². The number of carbonyl (C=O) groups is 4. The van der Waals surface area contributed by atoms with Crippen molar-refractivity contribution in [1.82, 2.24) is 10.3 Å². The monoisotopic (exact) mass is 570 g/mol. The molecule has 9 unspecified atom stereocenters. The molecular weight excluding hydrogens is 532 g/mol. The van der Waals surface area contributed by atoms with E-state index in [2.05, 4.69) is 30.2 Å². The summed E-state index contributed by atoms with van der Waals surface area (Å²) in [4.78, 5) is 57.2. The van der Waals surface area contributed by atoms with Crippen LogP contribution < -0.4 is 5.32 Å². The van der Waals surface area contributed by atoms with Gasteiger partial charge in [-0.25, -0.2) is 0 Å². The summed E-state index contributed by atoms with van der Waals surface area (Å²) >= 11 is 0. The van der Waals surface area contributed by atoms with E-state index in [1.165, 1.54) is 19.1 Å². The smallest absolute Gasteiger partial charge is 0.303 e. The number of aromatic amines is 1. The van der Waals surface area contributed by atoms with Crippen molar-refractivity contribution in [2.75, 3.05) is 0 Å². The highest BCUT2D eigenvalue weighted by Crippen LogP contribution is 2.66. The summed E-state index contributed by atoms with van der Waals surface area (Å²) in [6.07, 6.45) is 10.1. The predicted octanol–water partition coefficient (Wildman–Crippen LogP) is 4.40. The molecule has 42 heavy (non-hydrogen) atoms. The van der Waals surface area contributed by atoms with Crippen LogP contribution >= 0.6 is 0 Å². The number of carbonyl (C=O) groups excluding carboxylic acids is 4. The summed E-state index contributed by atoms with van der Waals surface area (Å²) in [5, 5.41) is 4.32. The molecule has 6 rings (SSSR count). The highest BCUT2D eigenvalue weighted by molar-refractivity contribution is 6.15. The van der Waals surface area contributed by atoms with Crippen LogP contribution in [0, 0.1) is 29.1 Å². The molecule has 2 N–H and O–H groups in total. The Kier molecular flexibility index (Phi) is 6.88. The Hall–Kier alpha value is -3.78. The molecule has 8 nitrogen and oxygen atoms in total. The van der Waals surface area contributed by atoms with E-state index >= 15 is 0 Å². The summed E-state index contributed by atoms with van der Waals surface area (Å²) < 4.78 is 11.7. The Morgan fingerprint density at radius 1 is 1.14 bits per heavy atom. The molecule has 1 saturated carbocycles. The molecule has 220 valence electrons. The summed E-state index contributed by atoms with van der Waals surface area (Å²) in [6.45, 7) is 9.17. The predicted molar refractivity (Wildman–Crippen MR) is 157 cm³/mol. The molecular formula is C34H38N2O6. The van der Waals surface area contributed by atoms with Gasteiger partial charge in [-0.3, -0.25) is 19.2 Å². The van der Waals surface area contributed by atoms with Crippen molar-refractivity contribution < 1.29 is 28.7 Å². The van der Waals surface area contributed by atoms with Gasteiger partial charge in [0.1, 0.15) is 5.41 Å². The zero-order valence-corrected chi connectivity index (χ0v) is 24.7. The summed E-state index contributed by atoms with van der Waals surface area (Å²) in [6, 6.07) is 7.72. The molecule has 1 amide bonds. The number of ketones is 2. The standard InChI is InChI=1S/C34H38N2O6/c1-18-9-8-11-24-31-33(5,42-31)20(3)29-26(16-22-17-35-25-12-7-6-10-23(22)25)36-32(40)34(24,29)28(39)14-13-27(38)30(19(2)15-18)41-21(4)37/h6-8,10-15,17-18,20,24,26,29-31,35H,9,16H2,1-5H3,(H,36,40). The van der Waals surface area contributed by atoms with Crippen molar-refractivity contribution in [2.24, 2.45) is 29.1 Å². The van der Waals surface area contributed by atoms with Gasteiger partial charge in [0.2, 0.25) is 11.7 Å². The summed E-state index contributed by atoms with van der Waals surface area (Å²) in [7, 11) is 0. The van der Waals surface area contributed by atoms with Crippen LogP contribution in [0.1, 0.15) is 46.6 Å². The van der Waals surface area contributed by atoms with E-state index < -0.39 is 40.6 Å². The fourth-order valence-electron chi connectivity index (χ4n) is 7.97. The fraction of sp³-hybridized carbons (Fsp3) is 0.471. The van der Waals surface area contributed by atoms with E-state index in [1.807, 2.05) is 49.5 Å². The fourth-order valence-corrected chi connectivity index (χ4v) is 7.97. The molecule has 1 spiro atoms. The van der Waals surface area contributed by atoms with Gasteiger partial charge in [-0.15, -0.1) is 0 Å². The van der Waals surface area contributed by atoms with Gasteiger partial charge in [0, 0.05) is 41.9 Å². The second-order valence-corrected chi connectivity index (χ2v) is 12.7. The third-order valence-electron chi connectivity index (χ3n) is 10.1. The Labute approximate surface area is 245 Å². The number of rotatable bonds is 3. The molecule has 2 aliphatic heterocycles. The van der Waals surface area contributed by atoms with Gasteiger partial charge in [-0.2, -0.15) is 0 Å². The van der Waals surface area contributed by atoms with Crippen molar-refractivity contribution >= 4 is 34.3 Å². The molecule has 2 aliphatic carbocycles. The number of allylic oxidation sites excluding steroid dienone is 3. The van der Waals surface area contributed by atoms with E-state index in [-0.39, 0.29) is 35.8 Å². The molecule has 4 aliphatic rings. The highest BCUT2D eigenvalue weighted by Gasteiger charge is 2.78. The van der Waals surface area contributed by atoms with Crippen LogP contribution in [0.2, 0.25) is 0 Å². The number of ether oxygens (including phenoxy) is 2. The Bertz CT molecular complexity index is 1570. The maximum Gasteiger partial charge on any atom is 0.303 e. The normalized spacial score (nSPS) is 37.9. The minimum atomic E-state index is -1.44. The maximum atomic E-state index is 14.4. The lowest BCUT2D eigenvalue weighted by Gasteiger charge is -2.45. The largest absolute Gasteiger partial charge is 0.450 e. The number of nitrogens with one attached hydrogen (secondary N) is 2. The van der Waals surface area contributed by atoms with Crippen molar-refractivity contribution in [3.05, 3.63) is 72.0 Å². The average molecular weight is 571 g/mol. The third-order valence-corrected chi connectivity index (χ3v) is 10.1. The number of benzene rings is 1. The number of aromatic nitrogens is 1. The number of amides is 1. The first-order valence-electron chi connectivity index (χ1n) is 14.8. The minimum Gasteiger partial charge on any atom is -0.450 e. The quantitative estimate of drug-likeness (QED) is 0.244. The lowest BCUT2D eigenvalue weighted by molar-refractivity contribution is -0.149. The topological polar surface area (TPSA) is 118 Å². The Morgan fingerprint density at radius 2 is 1.90 bits per heavy atom. The van der Waals surface area contributed by atoms with E-state index in [0.29, 0.717) is 18.4 Å². The van der Waals surface area contributed by atoms with Crippen LogP contribution in [-0.4, -0.2) is 52.3 Å². The maximum absolute atomic E-state index is 14.4. The van der Waals surface area contributed by atoms with Crippen molar-refractivity contribution in [3.8, 4) is 0 Å². The Morgan fingerprint density at radius 3 is 2.67 bits per heavy atom. The second-order valence-electron chi connectivity index (χ2n) is 12.7. The molecule has 2 saturated heterocycles. The van der Waals surface area contributed by atoms with Gasteiger partial charge < -0.3 is 19.8 Å². The second kappa shape index (κ2) is 10.2. The first-order chi connectivity index (χ1) is 20.0. The number of H-pyrrole nitrogens is 1. The number of fused-ring (bicyclic) bond motifs is 3. The van der Waals surface area contributed by atoms with Crippen LogP contribution in [0.5, 0.6) is 0 Å². The summed E-state index contributed by atoms with van der Waals surface area (Å²) in [5.74, 6) is -2.80. The van der Waals surface area contributed by atoms with Gasteiger partial charge in [0.05, 0.1) is 11.7 Å². The SMILES string of the molecule is CC(=O)OC1C(=O)C=CC(=O)C23C(=O)NC(Cc4c[nH]c5ccccc45)C2C(C)C2(C)OC2C3C=CCC(C)C=C1C. The number of hydrogen-bond donors (Lipinski definition) is 2. The van der Waals surface area contributed by atoms with E-state index in [1.54, 1.807) is 6.92 Å². The number of epoxide rings is 1. The van der Waals surface area contributed by atoms with E-state index in [9.17, 15) is 19.2 Å². The molecule has 2 aromatic rings. The Balaban J connectivity index is 1.45. The average Bonchev–Trinajstić information content (AvgIpc) is 3.35. The number of para-hydroxylation sites is 1. The lowest BCUT2D eigenvalue weighted by Crippen LogP contribution is -2.58. The van der Waals surface area contributed by atoms with Crippen LogP contribution in [-0.2, 0) is 35.1 Å². The molecule has 9 atom stereocenters. The molecule has 1 aromatic heterocycles. The summed E-state index contributed by atoms with van der Waals surface area (Å²) in [5.41, 5.74) is 0.774. The number of esters is 1. The van der Waals surface area contributed by atoms with Crippen LogP contribution in [0.15, 0.2) is 66.4 Å². The van der Waals surface area contributed by atoms with Gasteiger partial charge in [-0.1, -0.05) is 50.3 Å². The minimum absolute atomic E-state index is 0.0281. The van der Waals surface area contributed by atoms with Gasteiger partial charge in [-0.05, 0) is 67.9 Å². The van der Waals surface area contributed by atoms with Crippen LogP contribution in [0.3, 0.4) is 0 Å². The first-order valence-corrected chi connectivity index (χ1v) is 14.8. The number of hydrogen-bond acceptors (Lipinski definition) is 6. The van der Waals surface area contributed by atoms with Gasteiger partial charge in [0.25, 0.3) is 0 Å². The molecule has 0 bridgehead atoms. The van der Waals surface area contributed by atoms with E-state index in [4.69, 9.17) is 9.47 Å². The van der Waals surface area contributed by atoms with Crippen molar-refractivity contribution in [3.63, 3.8) is 0 Å². The van der Waals surface area contributed by atoms with Crippen molar-refractivity contribution in [1.29, 1.82) is 0 Å². The first kappa shape index (κ1) is 28.3. The third kappa shape index (κ3) is 4.30. The van der Waals surface area contributed by atoms with Crippen LogP contribution in [0.25, 0.3) is 10.9 Å². The zero-order chi connectivity index (χ0) is 30.0. The lowest BCUT2D eigenvalue weighted by atomic mass is 9.51. The van der Waals surface area contributed by atoms with Gasteiger partial charge >= 0.3 is 5.97 Å². The highest BCUT2D eigenvalue weighted by atomic mass is 16.6. The molecule has 1 aromatic carbocycles.